The van der Waals surface area contributed by atoms with Crippen LogP contribution in [0.25, 0.3) is 0 Å². The normalized spacial score (nSPS) is 42.8. The SMILES string of the molecule is CO[C@H]1O[C@@]2(CC=CO2)[C@@H](OCc2ccccc2)[C@@H]2OC(C)(OC)C(C)(OC)O[C@@H]12. The summed E-state index contributed by atoms with van der Waals surface area (Å²) in [6.45, 7) is 3.89. The number of ether oxygens (including phenoxy) is 8. The zero-order chi connectivity index (χ0) is 21.4. The summed E-state index contributed by atoms with van der Waals surface area (Å²) in [4.78, 5) is 0. The van der Waals surface area contributed by atoms with E-state index in [-0.39, 0.29) is 0 Å². The van der Waals surface area contributed by atoms with E-state index in [2.05, 4.69) is 0 Å². The maximum absolute atomic E-state index is 6.49. The highest BCUT2D eigenvalue weighted by Crippen LogP contribution is 2.48. The fraction of sp³-hybridized carbons (Fsp3) is 0.636. The summed E-state index contributed by atoms with van der Waals surface area (Å²) in [5, 5.41) is 0. The predicted molar refractivity (Wildman–Crippen MR) is 105 cm³/mol. The second-order valence-corrected chi connectivity index (χ2v) is 7.91. The fourth-order valence-electron chi connectivity index (χ4n) is 4.21. The first kappa shape index (κ1) is 21.7. The van der Waals surface area contributed by atoms with E-state index in [1.165, 1.54) is 0 Å². The summed E-state index contributed by atoms with van der Waals surface area (Å²) in [7, 11) is 4.65. The minimum atomic E-state index is -1.19. The molecule has 8 heteroatoms. The Morgan fingerprint density at radius 2 is 1.60 bits per heavy atom. The van der Waals surface area contributed by atoms with Gasteiger partial charge in [-0.25, -0.2) is 0 Å². The molecule has 1 spiro atoms. The van der Waals surface area contributed by atoms with Crippen molar-refractivity contribution < 1.29 is 37.9 Å². The Balaban J connectivity index is 1.68. The summed E-state index contributed by atoms with van der Waals surface area (Å²) in [5.41, 5.74) is 1.02. The molecule has 2 fully saturated rings. The van der Waals surface area contributed by atoms with Gasteiger partial charge >= 0.3 is 0 Å². The van der Waals surface area contributed by atoms with E-state index in [4.69, 9.17) is 37.9 Å². The lowest BCUT2D eigenvalue weighted by Crippen LogP contribution is -2.75. The topological polar surface area (TPSA) is 73.8 Å². The van der Waals surface area contributed by atoms with Crippen LogP contribution in [0.1, 0.15) is 25.8 Å². The molecule has 1 aromatic carbocycles. The smallest absolute Gasteiger partial charge is 0.244 e. The van der Waals surface area contributed by atoms with E-state index >= 15 is 0 Å². The first-order valence-corrected chi connectivity index (χ1v) is 10.1. The van der Waals surface area contributed by atoms with Gasteiger partial charge in [-0.1, -0.05) is 30.3 Å². The summed E-state index contributed by atoms with van der Waals surface area (Å²) >= 11 is 0. The molecular weight excluding hydrogens is 392 g/mol. The number of methoxy groups -OCH3 is 3. The highest BCUT2D eigenvalue weighted by molar-refractivity contribution is 5.14. The summed E-state index contributed by atoms with van der Waals surface area (Å²) < 4.78 is 48.3. The molecule has 0 radical (unpaired) electrons. The molecule has 0 aliphatic carbocycles. The van der Waals surface area contributed by atoms with Gasteiger partial charge in [0.25, 0.3) is 0 Å². The number of fused-ring (bicyclic) bond motifs is 1. The Hall–Kier alpha value is -1.52. The first-order valence-electron chi connectivity index (χ1n) is 10.1. The summed E-state index contributed by atoms with van der Waals surface area (Å²) in [6, 6.07) is 9.90. The third-order valence-electron chi connectivity index (χ3n) is 6.24. The molecule has 2 unspecified atom stereocenters. The monoisotopic (exact) mass is 422 g/mol. The molecule has 0 aromatic heterocycles. The van der Waals surface area contributed by atoms with Crippen LogP contribution >= 0.6 is 0 Å². The zero-order valence-electron chi connectivity index (χ0n) is 18.0. The van der Waals surface area contributed by atoms with E-state index in [1.807, 2.05) is 36.4 Å². The number of benzene rings is 1. The van der Waals surface area contributed by atoms with Crippen molar-refractivity contribution in [3.05, 3.63) is 48.2 Å². The molecule has 0 amide bonds. The van der Waals surface area contributed by atoms with Crippen LogP contribution in [0.4, 0.5) is 0 Å². The van der Waals surface area contributed by atoms with E-state index < -0.39 is 42.0 Å². The van der Waals surface area contributed by atoms with Crippen molar-refractivity contribution in [2.75, 3.05) is 21.3 Å². The van der Waals surface area contributed by atoms with E-state index in [1.54, 1.807) is 41.4 Å². The molecule has 30 heavy (non-hydrogen) atoms. The molecule has 4 rings (SSSR count). The van der Waals surface area contributed by atoms with Crippen molar-refractivity contribution in [2.45, 2.75) is 68.8 Å². The predicted octanol–water partition coefficient (Wildman–Crippen LogP) is 2.71. The largest absolute Gasteiger partial charge is 0.467 e. The van der Waals surface area contributed by atoms with Crippen LogP contribution in [0.3, 0.4) is 0 Å². The van der Waals surface area contributed by atoms with Crippen LogP contribution in [0, 0.1) is 0 Å². The van der Waals surface area contributed by atoms with Crippen LogP contribution < -0.4 is 0 Å². The molecule has 0 bridgehead atoms. The van der Waals surface area contributed by atoms with Crippen molar-refractivity contribution in [1.82, 2.24) is 0 Å². The lowest BCUT2D eigenvalue weighted by atomic mass is 9.90. The molecule has 166 valence electrons. The van der Waals surface area contributed by atoms with Gasteiger partial charge in [-0.15, -0.1) is 0 Å². The van der Waals surface area contributed by atoms with Crippen LogP contribution in [-0.4, -0.2) is 63.3 Å². The van der Waals surface area contributed by atoms with Gasteiger partial charge in [0.1, 0.15) is 12.2 Å². The number of hydrogen-bond acceptors (Lipinski definition) is 8. The highest BCUT2D eigenvalue weighted by atomic mass is 16.8. The van der Waals surface area contributed by atoms with Crippen LogP contribution in [0.15, 0.2) is 42.7 Å². The summed E-state index contributed by atoms with van der Waals surface area (Å²) in [5.74, 6) is -3.47. The van der Waals surface area contributed by atoms with Gasteiger partial charge in [0.15, 0.2) is 12.4 Å². The van der Waals surface area contributed by atoms with Crippen LogP contribution in [-0.2, 0) is 44.5 Å². The van der Waals surface area contributed by atoms with Gasteiger partial charge in [0.2, 0.25) is 17.4 Å². The van der Waals surface area contributed by atoms with E-state index in [9.17, 15) is 0 Å². The molecule has 0 N–H and O–H groups in total. The third-order valence-corrected chi connectivity index (χ3v) is 6.24. The second kappa shape index (κ2) is 8.20. The van der Waals surface area contributed by atoms with Crippen molar-refractivity contribution >= 4 is 0 Å². The van der Waals surface area contributed by atoms with E-state index in [0.717, 1.165) is 5.56 Å². The van der Waals surface area contributed by atoms with Gasteiger partial charge in [0, 0.05) is 27.8 Å². The highest BCUT2D eigenvalue weighted by Gasteiger charge is 2.67. The Bertz CT molecular complexity index is 747. The zero-order valence-corrected chi connectivity index (χ0v) is 18.0. The maximum Gasteiger partial charge on any atom is 0.244 e. The van der Waals surface area contributed by atoms with Gasteiger partial charge in [-0.3, -0.25) is 0 Å². The van der Waals surface area contributed by atoms with Crippen molar-refractivity contribution in [2.24, 2.45) is 0 Å². The molecule has 3 aliphatic heterocycles. The standard InChI is InChI=1S/C22H30O8/c1-20(24-4)21(2,25-5)29-17-16(28-20)18(26-14-15-10-7-6-8-11-15)22(12-9-13-27-22)30-19(17)23-3/h6-11,13,16-19H,12,14H2,1-5H3/t16-,17-,18+,19+,20?,21?,22+/m1/s1. The van der Waals surface area contributed by atoms with Gasteiger partial charge < -0.3 is 37.9 Å². The lowest BCUT2D eigenvalue weighted by Gasteiger charge is -2.58. The molecule has 3 heterocycles. The van der Waals surface area contributed by atoms with Gasteiger partial charge in [-0.05, 0) is 25.5 Å². The fourth-order valence-corrected chi connectivity index (χ4v) is 4.21. The number of rotatable bonds is 6. The van der Waals surface area contributed by atoms with Crippen LogP contribution in [0.2, 0.25) is 0 Å². The molecule has 3 aliphatic rings. The van der Waals surface area contributed by atoms with Crippen LogP contribution in [0.5, 0.6) is 0 Å². The summed E-state index contributed by atoms with van der Waals surface area (Å²) in [6.07, 6.45) is 1.42. The van der Waals surface area contributed by atoms with Gasteiger partial charge in [-0.2, -0.15) is 0 Å². The molecule has 8 nitrogen and oxygen atoms in total. The average Bonchev–Trinajstić information content (AvgIpc) is 3.23. The Kier molecular flexibility index (Phi) is 5.93. The Labute approximate surface area is 176 Å². The maximum atomic E-state index is 6.49. The molecule has 0 saturated carbocycles. The molecule has 2 saturated heterocycles. The van der Waals surface area contributed by atoms with Gasteiger partial charge in [0.05, 0.1) is 12.9 Å². The average molecular weight is 422 g/mol. The van der Waals surface area contributed by atoms with E-state index in [0.29, 0.717) is 13.0 Å². The van der Waals surface area contributed by atoms with Crippen molar-refractivity contribution in [3.8, 4) is 0 Å². The first-order chi connectivity index (χ1) is 14.4. The molecule has 7 atom stereocenters. The minimum Gasteiger partial charge on any atom is -0.467 e. The lowest BCUT2D eigenvalue weighted by molar-refractivity contribution is -0.503. The number of hydrogen-bond donors (Lipinski definition) is 0. The third kappa shape index (κ3) is 3.46. The van der Waals surface area contributed by atoms with Crippen molar-refractivity contribution in [1.29, 1.82) is 0 Å². The molecule has 1 aromatic rings. The quantitative estimate of drug-likeness (QED) is 0.693. The second-order valence-electron chi connectivity index (χ2n) is 7.91. The van der Waals surface area contributed by atoms with Crippen molar-refractivity contribution in [3.63, 3.8) is 0 Å². The Morgan fingerprint density at radius 1 is 0.933 bits per heavy atom. The Morgan fingerprint density at radius 3 is 2.17 bits per heavy atom. The minimum absolute atomic E-state index is 0.357. The molecular formula is C22H30O8.